The van der Waals surface area contributed by atoms with Crippen molar-refractivity contribution in [3.8, 4) is 6.07 Å². The summed E-state index contributed by atoms with van der Waals surface area (Å²) in [6, 6.07) is 1.15. The third-order valence-electron chi connectivity index (χ3n) is 2.01. The normalized spacial score (nSPS) is 13.2. The van der Waals surface area contributed by atoms with E-state index < -0.39 is 18.7 Å². The Bertz CT molecular complexity index is 255. The maximum Gasteiger partial charge on any atom is 0.406 e. The fourth-order valence-corrected chi connectivity index (χ4v) is 0.988. The zero-order chi connectivity index (χ0) is 14.6. The van der Waals surface area contributed by atoms with Gasteiger partial charge in [0.1, 0.15) is 0 Å². The van der Waals surface area contributed by atoms with Gasteiger partial charge in [-0.15, -0.1) is 0 Å². The lowest BCUT2D eigenvalue weighted by Gasteiger charge is -2.13. The van der Waals surface area contributed by atoms with Crippen molar-refractivity contribution < 1.29 is 32.1 Å². The fourth-order valence-electron chi connectivity index (χ4n) is 0.988. The van der Waals surface area contributed by atoms with Crippen molar-refractivity contribution in [1.82, 2.24) is 0 Å². The lowest BCUT2D eigenvalue weighted by atomic mass is 10.2. The van der Waals surface area contributed by atoms with Crippen LogP contribution in [-0.4, -0.2) is 59.5 Å². The Morgan fingerprint density at radius 2 is 1.42 bits per heavy atom. The number of nitriles is 1. The highest BCUT2D eigenvalue weighted by Gasteiger charge is 2.39. The second-order valence-electron chi connectivity index (χ2n) is 3.52. The van der Waals surface area contributed by atoms with Gasteiger partial charge in [-0.05, 0) is 0 Å². The third-order valence-corrected chi connectivity index (χ3v) is 2.01. The van der Waals surface area contributed by atoms with Crippen molar-refractivity contribution in [2.24, 2.45) is 5.92 Å². The molecule has 0 heterocycles. The Kier molecular flexibility index (Phi) is 10.5. The summed E-state index contributed by atoms with van der Waals surface area (Å²) in [7, 11) is 1.56. The summed E-state index contributed by atoms with van der Waals surface area (Å²) >= 11 is 0. The Balaban J connectivity index is 3.34. The highest BCUT2D eigenvalue weighted by molar-refractivity contribution is 4.88. The lowest BCUT2D eigenvalue weighted by Crippen LogP contribution is -2.26. The van der Waals surface area contributed by atoms with Crippen molar-refractivity contribution in [1.29, 1.82) is 5.26 Å². The molecular weight excluding hydrogens is 267 g/mol. The molecule has 0 aliphatic rings. The van der Waals surface area contributed by atoms with Crippen LogP contribution in [0, 0.1) is 17.2 Å². The number of halogens is 3. The number of methoxy groups -OCH3 is 1. The lowest BCUT2D eigenvalue weighted by molar-refractivity contribution is -0.172. The molecule has 0 aliphatic carbocycles. The molecule has 0 saturated carbocycles. The van der Waals surface area contributed by atoms with Crippen LogP contribution < -0.4 is 0 Å². The maximum atomic E-state index is 12.1. The molecular formula is C11H18F3NO4. The first-order valence-electron chi connectivity index (χ1n) is 5.71. The van der Waals surface area contributed by atoms with Crippen LogP contribution in [0.2, 0.25) is 0 Å². The molecule has 0 aliphatic heterocycles. The predicted octanol–water partition coefficient (Wildman–Crippen LogP) is 1.38. The molecule has 0 bridgehead atoms. The third kappa shape index (κ3) is 10.7. The van der Waals surface area contributed by atoms with E-state index in [0.717, 1.165) is 6.07 Å². The Labute approximate surface area is 110 Å². The van der Waals surface area contributed by atoms with E-state index in [9.17, 15) is 13.2 Å². The molecule has 0 spiro atoms. The smallest absolute Gasteiger partial charge is 0.382 e. The summed E-state index contributed by atoms with van der Waals surface area (Å²) in [5.74, 6) is -2.09. The number of rotatable bonds is 11. The van der Waals surface area contributed by atoms with E-state index in [-0.39, 0.29) is 13.2 Å². The highest BCUT2D eigenvalue weighted by Crippen LogP contribution is 2.25. The minimum Gasteiger partial charge on any atom is -0.382 e. The van der Waals surface area contributed by atoms with E-state index in [2.05, 4.69) is 0 Å². The van der Waals surface area contributed by atoms with Gasteiger partial charge in [-0.25, -0.2) is 0 Å². The summed E-state index contributed by atoms with van der Waals surface area (Å²) in [6.45, 7) is 1.16. The van der Waals surface area contributed by atoms with Crippen LogP contribution in [0.1, 0.15) is 0 Å². The van der Waals surface area contributed by atoms with Crippen LogP contribution in [0.4, 0.5) is 13.2 Å². The van der Waals surface area contributed by atoms with Crippen LogP contribution in [-0.2, 0) is 18.9 Å². The van der Waals surface area contributed by atoms with E-state index in [0.29, 0.717) is 26.4 Å². The van der Waals surface area contributed by atoms with E-state index in [1.54, 1.807) is 7.11 Å². The fraction of sp³-hybridized carbons (Fsp3) is 0.909. The van der Waals surface area contributed by atoms with Gasteiger partial charge >= 0.3 is 6.18 Å². The van der Waals surface area contributed by atoms with Gasteiger partial charge in [-0.1, -0.05) is 0 Å². The number of hydrogen-bond donors (Lipinski definition) is 0. The zero-order valence-corrected chi connectivity index (χ0v) is 10.7. The molecule has 0 N–H and O–H groups in total. The quantitative estimate of drug-likeness (QED) is 0.537. The Morgan fingerprint density at radius 3 is 1.84 bits per heavy atom. The van der Waals surface area contributed by atoms with Crippen LogP contribution in [0.15, 0.2) is 0 Å². The van der Waals surface area contributed by atoms with E-state index in [1.165, 1.54) is 0 Å². The Hall–Kier alpha value is -0.880. The molecule has 112 valence electrons. The molecule has 1 atom stereocenters. The molecule has 0 radical (unpaired) electrons. The highest BCUT2D eigenvalue weighted by atomic mass is 19.4. The largest absolute Gasteiger partial charge is 0.406 e. The van der Waals surface area contributed by atoms with Gasteiger partial charge in [0.25, 0.3) is 0 Å². The summed E-state index contributed by atoms with van der Waals surface area (Å²) in [6.07, 6.45) is -4.55. The second-order valence-corrected chi connectivity index (χ2v) is 3.52. The molecule has 0 amide bonds. The zero-order valence-electron chi connectivity index (χ0n) is 10.7. The van der Waals surface area contributed by atoms with E-state index in [4.69, 9.17) is 24.2 Å². The first-order valence-corrected chi connectivity index (χ1v) is 5.71. The topological polar surface area (TPSA) is 60.7 Å². The van der Waals surface area contributed by atoms with Gasteiger partial charge in [0, 0.05) is 7.11 Å². The van der Waals surface area contributed by atoms with Gasteiger partial charge in [0.2, 0.25) is 0 Å². The molecule has 1 unspecified atom stereocenters. The maximum absolute atomic E-state index is 12.1. The van der Waals surface area contributed by atoms with E-state index in [1.807, 2.05) is 0 Å². The van der Waals surface area contributed by atoms with E-state index >= 15 is 0 Å². The number of alkyl halides is 3. The SMILES string of the molecule is COCCOCCOCCOCC(C#N)C(F)(F)F. The van der Waals surface area contributed by atoms with Crippen molar-refractivity contribution in [3.63, 3.8) is 0 Å². The van der Waals surface area contributed by atoms with Crippen LogP contribution in [0.5, 0.6) is 0 Å². The van der Waals surface area contributed by atoms with Crippen LogP contribution in [0.3, 0.4) is 0 Å². The van der Waals surface area contributed by atoms with Gasteiger partial charge in [0.15, 0.2) is 5.92 Å². The minimum atomic E-state index is -4.55. The Morgan fingerprint density at radius 1 is 0.947 bits per heavy atom. The average Bonchev–Trinajstić information content (AvgIpc) is 2.34. The summed E-state index contributed by atoms with van der Waals surface area (Å²) in [5, 5.41) is 8.30. The molecule has 0 aromatic heterocycles. The number of nitrogens with zero attached hydrogens (tertiary/aromatic N) is 1. The van der Waals surface area contributed by atoms with Crippen molar-refractivity contribution in [2.45, 2.75) is 6.18 Å². The number of hydrogen-bond acceptors (Lipinski definition) is 5. The van der Waals surface area contributed by atoms with Crippen molar-refractivity contribution >= 4 is 0 Å². The van der Waals surface area contributed by atoms with Gasteiger partial charge in [0.05, 0.1) is 52.3 Å². The summed E-state index contributed by atoms with van der Waals surface area (Å²) in [5.41, 5.74) is 0. The molecule has 0 aromatic rings. The molecule has 0 fully saturated rings. The molecule has 19 heavy (non-hydrogen) atoms. The molecule has 0 rings (SSSR count). The summed E-state index contributed by atoms with van der Waals surface area (Å²) in [4.78, 5) is 0. The minimum absolute atomic E-state index is 0.00628. The molecule has 0 aromatic carbocycles. The van der Waals surface area contributed by atoms with Crippen molar-refractivity contribution in [2.75, 3.05) is 53.4 Å². The molecule has 0 saturated heterocycles. The predicted molar refractivity (Wildman–Crippen MR) is 59.5 cm³/mol. The van der Waals surface area contributed by atoms with Crippen LogP contribution in [0.25, 0.3) is 0 Å². The first-order chi connectivity index (χ1) is 9.02. The second kappa shape index (κ2) is 11.0. The number of ether oxygens (including phenoxy) is 4. The molecule has 8 heteroatoms. The summed E-state index contributed by atoms with van der Waals surface area (Å²) < 4.78 is 56.1. The average molecular weight is 285 g/mol. The molecule has 5 nitrogen and oxygen atoms in total. The monoisotopic (exact) mass is 285 g/mol. The van der Waals surface area contributed by atoms with Crippen LogP contribution >= 0.6 is 0 Å². The van der Waals surface area contributed by atoms with Gasteiger partial charge in [-0.3, -0.25) is 0 Å². The van der Waals surface area contributed by atoms with Gasteiger partial charge in [-0.2, -0.15) is 18.4 Å². The van der Waals surface area contributed by atoms with Crippen molar-refractivity contribution in [3.05, 3.63) is 0 Å². The first kappa shape index (κ1) is 18.1. The standard InChI is InChI=1S/C11H18F3NO4/c1-16-2-3-17-4-5-18-6-7-19-9-10(8-15)11(12,13)14/h10H,2-7,9H2,1H3. The van der Waals surface area contributed by atoms with Gasteiger partial charge < -0.3 is 18.9 Å².